The second-order valence-electron chi connectivity index (χ2n) is 3.98. The largest absolute Gasteiger partial charge is 0.493 e. The molecule has 0 aliphatic carbocycles. The topological polar surface area (TPSA) is 56.5 Å². The number of methoxy groups -OCH3 is 2. The minimum absolute atomic E-state index is 0.366. The summed E-state index contributed by atoms with van der Waals surface area (Å²) in [6, 6.07) is 4.38. The van der Waals surface area contributed by atoms with Gasteiger partial charge in [-0.2, -0.15) is 0 Å². The maximum Gasteiger partial charge on any atom is 0.162 e. The molecule has 3 N–H and O–H groups in total. The molecular formula is C12H18N2O2. The second kappa shape index (κ2) is 4.61. The molecule has 0 aromatic heterocycles. The monoisotopic (exact) mass is 222 g/mol. The maximum absolute atomic E-state index is 5.67. The van der Waals surface area contributed by atoms with Gasteiger partial charge in [0.1, 0.15) is 0 Å². The highest BCUT2D eigenvalue weighted by atomic mass is 16.5. The number of hydrogen-bond donors (Lipinski definition) is 2. The minimum atomic E-state index is 0.366. The number of nitrogens with two attached hydrogens (primary N) is 1. The summed E-state index contributed by atoms with van der Waals surface area (Å²) >= 11 is 0. The molecule has 1 aromatic carbocycles. The second-order valence-corrected chi connectivity index (χ2v) is 3.98. The van der Waals surface area contributed by atoms with Gasteiger partial charge in [-0.3, -0.25) is 0 Å². The van der Waals surface area contributed by atoms with Gasteiger partial charge in [-0.05, 0) is 24.5 Å². The molecule has 1 atom stereocenters. The van der Waals surface area contributed by atoms with Crippen molar-refractivity contribution in [2.45, 2.75) is 18.9 Å². The zero-order valence-electron chi connectivity index (χ0n) is 9.75. The number of fused-ring (bicyclic) bond motifs is 1. The third-order valence-electron chi connectivity index (χ3n) is 3.02. The van der Waals surface area contributed by atoms with Crippen LogP contribution in [-0.4, -0.2) is 26.8 Å². The van der Waals surface area contributed by atoms with E-state index >= 15 is 0 Å². The van der Waals surface area contributed by atoms with Gasteiger partial charge in [0, 0.05) is 24.3 Å². The molecule has 4 heteroatoms. The summed E-state index contributed by atoms with van der Waals surface area (Å²) in [6.07, 6.45) is 2.10. The highest BCUT2D eigenvalue weighted by Crippen LogP contribution is 2.36. The van der Waals surface area contributed by atoms with Crippen molar-refractivity contribution in [3.63, 3.8) is 0 Å². The van der Waals surface area contributed by atoms with Gasteiger partial charge in [0.2, 0.25) is 0 Å². The molecule has 1 heterocycles. The fourth-order valence-electron chi connectivity index (χ4n) is 2.06. The van der Waals surface area contributed by atoms with Crippen LogP contribution in [0.4, 0.5) is 5.69 Å². The number of ether oxygens (including phenoxy) is 2. The highest BCUT2D eigenvalue weighted by Gasteiger charge is 2.19. The molecule has 2 rings (SSSR count). The Morgan fingerprint density at radius 3 is 2.62 bits per heavy atom. The van der Waals surface area contributed by atoms with Crippen molar-refractivity contribution in [3.05, 3.63) is 17.7 Å². The maximum atomic E-state index is 5.67. The predicted molar refractivity (Wildman–Crippen MR) is 64.3 cm³/mol. The lowest BCUT2D eigenvalue weighted by molar-refractivity contribution is 0.354. The van der Waals surface area contributed by atoms with Gasteiger partial charge in [-0.25, -0.2) is 0 Å². The molecule has 1 aliphatic heterocycles. The first-order valence-electron chi connectivity index (χ1n) is 5.50. The Morgan fingerprint density at radius 1 is 1.31 bits per heavy atom. The van der Waals surface area contributed by atoms with E-state index in [1.54, 1.807) is 14.2 Å². The molecule has 0 amide bonds. The van der Waals surface area contributed by atoms with Crippen molar-refractivity contribution < 1.29 is 9.47 Å². The van der Waals surface area contributed by atoms with Gasteiger partial charge in [-0.15, -0.1) is 0 Å². The fourth-order valence-corrected chi connectivity index (χ4v) is 2.06. The minimum Gasteiger partial charge on any atom is -0.493 e. The van der Waals surface area contributed by atoms with E-state index in [0.29, 0.717) is 12.6 Å². The van der Waals surface area contributed by atoms with E-state index in [1.807, 2.05) is 12.1 Å². The normalized spacial score (nSPS) is 18.6. The van der Waals surface area contributed by atoms with E-state index in [4.69, 9.17) is 15.2 Å². The first kappa shape index (κ1) is 11.1. The molecule has 0 saturated heterocycles. The molecule has 1 aliphatic rings. The molecule has 0 spiro atoms. The summed E-state index contributed by atoms with van der Waals surface area (Å²) in [5.74, 6) is 1.54. The van der Waals surface area contributed by atoms with Crippen LogP contribution in [0.5, 0.6) is 11.5 Å². The number of nitrogens with one attached hydrogen (secondary N) is 1. The van der Waals surface area contributed by atoms with E-state index < -0.39 is 0 Å². The van der Waals surface area contributed by atoms with Crippen LogP contribution in [0.1, 0.15) is 12.0 Å². The Kier molecular flexibility index (Phi) is 3.19. The summed E-state index contributed by atoms with van der Waals surface area (Å²) in [6.45, 7) is 0.661. The SMILES string of the molecule is COc1cc2c(cc1OC)NC(CN)CC2. The van der Waals surface area contributed by atoms with Gasteiger partial charge in [-0.1, -0.05) is 0 Å². The number of anilines is 1. The first-order valence-corrected chi connectivity index (χ1v) is 5.50. The summed E-state index contributed by atoms with van der Waals surface area (Å²) in [5.41, 5.74) is 8.05. The number of aryl methyl sites for hydroxylation is 1. The van der Waals surface area contributed by atoms with Crippen LogP contribution < -0.4 is 20.5 Å². The molecule has 88 valence electrons. The molecule has 0 radical (unpaired) electrons. The smallest absolute Gasteiger partial charge is 0.162 e. The molecular weight excluding hydrogens is 204 g/mol. The van der Waals surface area contributed by atoms with Crippen LogP contribution in [0, 0.1) is 0 Å². The van der Waals surface area contributed by atoms with Gasteiger partial charge in [0.05, 0.1) is 14.2 Å². The number of rotatable bonds is 3. The van der Waals surface area contributed by atoms with Crippen molar-refractivity contribution in [1.29, 1.82) is 0 Å². The van der Waals surface area contributed by atoms with Gasteiger partial charge < -0.3 is 20.5 Å². The van der Waals surface area contributed by atoms with Gasteiger partial charge in [0.15, 0.2) is 11.5 Å². The van der Waals surface area contributed by atoms with Crippen LogP contribution in [0.25, 0.3) is 0 Å². The zero-order valence-corrected chi connectivity index (χ0v) is 9.75. The van der Waals surface area contributed by atoms with Crippen LogP contribution in [0.15, 0.2) is 12.1 Å². The first-order chi connectivity index (χ1) is 7.78. The van der Waals surface area contributed by atoms with Gasteiger partial charge in [0.25, 0.3) is 0 Å². The lowest BCUT2D eigenvalue weighted by atomic mass is 9.97. The van der Waals surface area contributed by atoms with E-state index in [2.05, 4.69) is 5.32 Å². The quantitative estimate of drug-likeness (QED) is 0.811. The van der Waals surface area contributed by atoms with Crippen molar-refractivity contribution >= 4 is 5.69 Å². The summed E-state index contributed by atoms with van der Waals surface area (Å²) in [7, 11) is 3.30. The van der Waals surface area contributed by atoms with Gasteiger partial charge >= 0.3 is 0 Å². The molecule has 0 saturated carbocycles. The average Bonchev–Trinajstić information content (AvgIpc) is 2.36. The van der Waals surface area contributed by atoms with Crippen molar-refractivity contribution in [3.8, 4) is 11.5 Å². The number of benzene rings is 1. The van der Waals surface area contributed by atoms with Crippen LogP contribution >= 0.6 is 0 Å². The van der Waals surface area contributed by atoms with Crippen molar-refractivity contribution in [2.24, 2.45) is 5.73 Å². The van der Waals surface area contributed by atoms with Crippen LogP contribution in [0.2, 0.25) is 0 Å². The lowest BCUT2D eigenvalue weighted by Crippen LogP contribution is -2.32. The average molecular weight is 222 g/mol. The predicted octanol–water partition coefficient (Wildman–Crippen LogP) is 1.39. The third-order valence-corrected chi connectivity index (χ3v) is 3.02. The van der Waals surface area contributed by atoms with E-state index in [1.165, 1.54) is 5.56 Å². The van der Waals surface area contributed by atoms with Crippen LogP contribution in [0.3, 0.4) is 0 Å². The van der Waals surface area contributed by atoms with Crippen LogP contribution in [-0.2, 0) is 6.42 Å². The Balaban J connectivity index is 2.34. The molecule has 0 bridgehead atoms. The number of hydrogen-bond acceptors (Lipinski definition) is 4. The molecule has 4 nitrogen and oxygen atoms in total. The van der Waals surface area contributed by atoms with E-state index in [9.17, 15) is 0 Å². The standard InChI is InChI=1S/C12H18N2O2/c1-15-11-5-8-3-4-9(7-13)14-10(8)6-12(11)16-2/h5-6,9,14H,3-4,7,13H2,1-2H3. The molecule has 0 fully saturated rings. The molecule has 1 aromatic rings. The van der Waals surface area contributed by atoms with Crippen molar-refractivity contribution in [2.75, 3.05) is 26.1 Å². The van der Waals surface area contributed by atoms with Crippen molar-refractivity contribution in [1.82, 2.24) is 0 Å². The molecule has 1 unspecified atom stereocenters. The Bertz CT molecular complexity index is 380. The Morgan fingerprint density at radius 2 is 2.00 bits per heavy atom. The van der Waals surface area contributed by atoms with E-state index in [0.717, 1.165) is 30.0 Å². The highest BCUT2D eigenvalue weighted by molar-refractivity contribution is 5.62. The molecule has 16 heavy (non-hydrogen) atoms. The third kappa shape index (κ3) is 1.93. The zero-order chi connectivity index (χ0) is 11.5. The van der Waals surface area contributed by atoms with E-state index in [-0.39, 0.29) is 0 Å². The lowest BCUT2D eigenvalue weighted by Gasteiger charge is -2.27. The Labute approximate surface area is 95.7 Å². The summed E-state index contributed by atoms with van der Waals surface area (Å²) < 4.78 is 10.6. The summed E-state index contributed by atoms with van der Waals surface area (Å²) in [4.78, 5) is 0. The fraction of sp³-hybridized carbons (Fsp3) is 0.500. The summed E-state index contributed by atoms with van der Waals surface area (Å²) in [5, 5.41) is 3.41. The Hall–Kier alpha value is -1.42.